The van der Waals surface area contributed by atoms with Crippen LogP contribution < -0.4 is 3.69 Å². The first kappa shape index (κ1) is 10.1. The molecule has 0 radical (unpaired) electrons. The van der Waals surface area contributed by atoms with Gasteiger partial charge >= 0.3 is 20.4 Å². The molecule has 0 aliphatic carbocycles. The molecule has 1 rings (SSSR count). The van der Waals surface area contributed by atoms with Crippen LogP contribution in [0, 0.1) is 5.41 Å². The molecule has 0 atom stereocenters. The van der Waals surface area contributed by atoms with Gasteiger partial charge in [-0.25, -0.2) is 0 Å². The summed E-state index contributed by atoms with van der Waals surface area (Å²) in [5.74, 6) is 0. The van der Waals surface area contributed by atoms with Gasteiger partial charge in [-0.05, 0) is 0 Å². The molecule has 12 heavy (non-hydrogen) atoms. The fourth-order valence-electron chi connectivity index (χ4n) is 1.16. The molecule has 0 saturated heterocycles. The molecule has 62 valence electrons. The molecular formula is C11H16Mg. The average Bonchev–Trinajstić information content (AvgIpc) is 2.02. The van der Waals surface area contributed by atoms with Crippen molar-refractivity contribution in [1.29, 1.82) is 0 Å². The fourth-order valence-corrected chi connectivity index (χ4v) is 2.81. The Morgan fingerprint density at radius 2 is 1.67 bits per heavy atom. The van der Waals surface area contributed by atoms with Crippen LogP contribution in [0.2, 0.25) is 4.55 Å². The van der Waals surface area contributed by atoms with Gasteiger partial charge in [0.25, 0.3) is 0 Å². The zero-order valence-corrected chi connectivity index (χ0v) is 9.72. The maximum atomic E-state index is 2.32. The van der Waals surface area contributed by atoms with E-state index in [1.165, 1.54) is 4.55 Å². The Kier molecular flexibility index (Phi) is 3.60. The van der Waals surface area contributed by atoms with Gasteiger partial charge in [-0.3, -0.25) is 0 Å². The summed E-state index contributed by atoms with van der Waals surface area (Å²) in [6.45, 7) is 6.97. The van der Waals surface area contributed by atoms with Crippen molar-refractivity contribution in [3.05, 3.63) is 30.3 Å². The van der Waals surface area contributed by atoms with Crippen LogP contribution in [0.1, 0.15) is 20.8 Å². The zero-order valence-electron chi connectivity index (χ0n) is 8.30. The Bertz CT molecular complexity index is 221. The average molecular weight is 173 g/mol. The van der Waals surface area contributed by atoms with Crippen molar-refractivity contribution in [1.82, 2.24) is 0 Å². The molecule has 0 aliphatic heterocycles. The second kappa shape index (κ2) is 4.29. The fraction of sp³-hybridized carbons (Fsp3) is 0.455. The van der Waals surface area contributed by atoms with Crippen LogP contribution in [0.15, 0.2) is 30.3 Å². The van der Waals surface area contributed by atoms with E-state index in [1.807, 2.05) is 0 Å². The minimum atomic E-state index is -0.0156. The third-order valence-corrected chi connectivity index (χ3v) is 4.81. The zero-order chi connectivity index (χ0) is 9.03. The number of hydrogen-bond donors (Lipinski definition) is 0. The Balaban J connectivity index is 2.44. The molecule has 0 amide bonds. The van der Waals surface area contributed by atoms with Gasteiger partial charge in [-0.15, -0.1) is 4.55 Å². The van der Waals surface area contributed by atoms with Crippen LogP contribution in [0.25, 0.3) is 0 Å². The standard InChI is InChI=1S/C6H5.C5H11.Mg/c1-2-4-6-5-3-1;1-5(2,3)4;/h1-5H;1H2,2-4H3;. The van der Waals surface area contributed by atoms with E-state index < -0.39 is 0 Å². The SMILES string of the molecule is CC(C)(C)[CH2][Mg][c]1ccccc1. The third-order valence-electron chi connectivity index (χ3n) is 2.01. The first-order valence-corrected chi connectivity index (χ1v) is 6.32. The van der Waals surface area contributed by atoms with Gasteiger partial charge < -0.3 is 0 Å². The lowest BCUT2D eigenvalue weighted by Crippen LogP contribution is -2.19. The quantitative estimate of drug-likeness (QED) is 0.602. The van der Waals surface area contributed by atoms with Gasteiger partial charge in [0.1, 0.15) is 0 Å². The molecule has 0 saturated carbocycles. The van der Waals surface area contributed by atoms with Gasteiger partial charge in [0.05, 0.1) is 0 Å². The van der Waals surface area contributed by atoms with Crippen molar-refractivity contribution in [3.63, 3.8) is 0 Å². The highest BCUT2D eigenvalue weighted by atomic mass is 24.5. The molecule has 0 unspecified atom stereocenters. The smallest absolute Gasteiger partial charge is 0.174 e. The number of hydrogen-bond acceptors (Lipinski definition) is 0. The van der Waals surface area contributed by atoms with E-state index in [2.05, 4.69) is 51.1 Å². The molecule has 0 N–H and O–H groups in total. The van der Waals surface area contributed by atoms with E-state index in [4.69, 9.17) is 0 Å². The maximum absolute atomic E-state index is 2.32. The molecule has 0 fully saturated rings. The second-order valence-electron chi connectivity index (χ2n) is 4.55. The lowest BCUT2D eigenvalue weighted by atomic mass is 10.0. The summed E-state index contributed by atoms with van der Waals surface area (Å²) in [5.41, 5.74) is 0.516. The van der Waals surface area contributed by atoms with Gasteiger partial charge in [-0.1, -0.05) is 56.5 Å². The van der Waals surface area contributed by atoms with Gasteiger partial charge in [0.15, 0.2) is 0 Å². The van der Waals surface area contributed by atoms with Gasteiger partial charge in [0, 0.05) is 0 Å². The lowest BCUT2D eigenvalue weighted by molar-refractivity contribution is 0.468. The molecule has 0 nitrogen and oxygen atoms in total. The summed E-state index contributed by atoms with van der Waals surface area (Å²) in [7, 11) is 0. The summed E-state index contributed by atoms with van der Waals surface area (Å²) in [5, 5.41) is 0. The van der Waals surface area contributed by atoms with E-state index >= 15 is 0 Å². The first-order valence-electron chi connectivity index (χ1n) is 4.62. The molecule has 0 aromatic heterocycles. The van der Waals surface area contributed by atoms with E-state index in [0.717, 1.165) is 0 Å². The predicted octanol–water partition coefficient (Wildman–Crippen LogP) is 2.48. The van der Waals surface area contributed by atoms with E-state index in [9.17, 15) is 0 Å². The van der Waals surface area contributed by atoms with Gasteiger partial charge in [0.2, 0.25) is 0 Å². The van der Waals surface area contributed by atoms with E-state index in [1.54, 1.807) is 3.69 Å². The monoisotopic (exact) mass is 172 g/mol. The minimum absolute atomic E-state index is 0.0156. The molecule has 0 aliphatic rings. The van der Waals surface area contributed by atoms with Crippen LogP contribution in [0.3, 0.4) is 0 Å². The van der Waals surface area contributed by atoms with Crippen LogP contribution >= 0.6 is 0 Å². The molecule has 1 aromatic carbocycles. The van der Waals surface area contributed by atoms with Crippen LogP contribution in [-0.2, 0) is 0 Å². The topological polar surface area (TPSA) is 0 Å². The first-order chi connectivity index (χ1) is 5.58. The highest BCUT2D eigenvalue weighted by Crippen LogP contribution is 2.17. The largest absolute Gasteiger partial charge is 0.409 e. The van der Waals surface area contributed by atoms with Gasteiger partial charge in [-0.2, -0.15) is 3.69 Å². The van der Waals surface area contributed by atoms with Crippen LogP contribution in [0.5, 0.6) is 0 Å². The van der Waals surface area contributed by atoms with Crippen LogP contribution in [0.4, 0.5) is 0 Å². The summed E-state index contributed by atoms with van der Waals surface area (Å²) >= 11 is -0.0156. The second-order valence-corrected chi connectivity index (χ2v) is 6.36. The van der Waals surface area contributed by atoms with Crippen molar-refractivity contribution < 1.29 is 0 Å². The van der Waals surface area contributed by atoms with E-state index in [0.29, 0.717) is 5.41 Å². The lowest BCUT2D eigenvalue weighted by Gasteiger charge is -2.17. The predicted molar refractivity (Wildman–Crippen MR) is 56.1 cm³/mol. The van der Waals surface area contributed by atoms with Crippen molar-refractivity contribution in [3.8, 4) is 0 Å². The minimum Gasteiger partial charge on any atom is -0.174 e. The highest BCUT2D eigenvalue weighted by Gasteiger charge is 2.11. The normalized spacial score (nSPS) is 10.9. The molecule has 0 spiro atoms. The van der Waals surface area contributed by atoms with Crippen LogP contribution in [-0.4, -0.2) is 20.4 Å². The molecule has 0 bridgehead atoms. The Morgan fingerprint density at radius 3 is 2.17 bits per heavy atom. The number of benzene rings is 1. The molecular weight excluding hydrogens is 156 g/mol. The summed E-state index contributed by atoms with van der Waals surface area (Å²) in [6, 6.07) is 10.9. The highest BCUT2D eigenvalue weighted by molar-refractivity contribution is 6.53. The van der Waals surface area contributed by atoms with E-state index in [-0.39, 0.29) is 20.4 Å². The number of rotatable bonds is 2. The van der Waals surface area contributed by atoms with Crippen molar-refractivity contribution in [2.75, 3.05) is 0 Å². The third kappa shape index (κ3) is 4.12. The molecule has 1 aromatic rings. The van der Waals surface area contributed by atoms with Crippen molar-refractivity contribution >= 4 is 24.1 Å². The Hall–Kier alpha value is -0.0138. The van der Waals surface area contributed by atoms with Crippen molar-refractivity contribution in [2.24, 2.45) is 5.41 Å². The Morgan fingerprint density at radius 1 is 1.08 bits per heavy atom. The molecule has 0 heterocycles. The summed E-state index contributed by atoms with van der Waals surface area (Å²) < 4.78 is 2.99. The Labute approximate surface area is 85.1 Å². The van der Waals surface area contributed by atoms with Crippen molar-refractivity contribution in [2.45, 2.75) is 25.3 Å². The molecule has 1 heteroatoms. The maximum Gasteiger partial charge on any atom is 0.409 e. The summed E-state index contributed by atoms with van der Waals surface area (Å²) in [6.07, 6.45) is 0. The summed E-state index contributed by atoms with van der Waals surface area (Å²) in [4.78, 5) is 0.